The molecule has 31 heavy (non-hydrogen) atoms. The lowest BCUT2D eigenvalue weighted by atomic mass is 9.94. The lowest BCUT2D eigenvalue weighted by molar-refractivity contribution is -0.158. The summed E-state index contributed by atoms with van der Waals surface area (Å²) < 4.78 is 12.0. The summed E-state index contributed by atoms with van der Waals surface area (Å²) in [7, 11) is 0. The fourth-order valence-electron chi connectivity index (χ4n) is 4.21. The van der Waals surface area contributed by atoms with Gasteiger partial charge in [-0.1, -0.05) is 23.7 Å². The molecule has 9 heteroatoms. The Morgan fingerprint density at radius 2 is 2.13 bits per heavy atom. The maximum absolute atomic E-state index is 12.5. The molecule has 2 aliphatic rings. The molecule has 0 aliphatic carbocycles. The zero-order valence-electron chi connectivity index (χ0n) is 17.3. The van der Waals surface area contributed by atoms with Gasteiger partial charge in [0.25, 0.3) is 0 Å². The summed E-state index contributed by atoms with van der Waals surface area (Å²) in [5, 5.41) is 16.9. The van der Waals surface area contributed by atoms with Gasteiger partial charge in [-0.05, 0) is 30.5 Å². The number of hydrogen-bond acceptors (Lipinski definition) is 7. The number of fused-ring (bicyclic) bond motifs is 1. The normalized spacial score (nSPS) is 27.2. The van der Waals surface area contributed by atoms with Gasteiger partial charge in [0.1, 0.15) is 5.01 Å². The largest absolute Gasteiger partial charge is 0.389 e. The van der Waals surface area contributed by atoms with Crippen LogP contribution in [0.3, 0.4) is 0 Å². The maximum Gasteiger partial charge on any atom is 0.222 e. The zero-order valence-corrected chi connectivity index (χ0v) is 18.9. The smallest absolute Gasteiger partial charge is 0.222 e. The minimum absolute atomic E-state index is 0.0276. The highest BCUT2D eigenvalue weighted by Gasteiger charge is 2.38. The topological polar surface area (TPSA) is 83.9 Å². The first-order chi connectivity index (χ1) is 15.1. The molecular formula is C22H28ClN3O4S. The van der Waals surface area contributed by atoms with Crippen LogP contribution in [0.15, 0.2) is 35.8 Å². The number of β-amino-alcohol motifs (C(OH)–C–C–N with tert-alkyl or cyclic N) is 1. The third-order valence-corrected chi connectivity index (χ3v) is 6.74. The van der Waals surface area contributed by atoms with Gasteiger partial charge in [-0.2, -0.15) is 0 Å². The van der Waals surface area contributed by atoms with Crippen molar-refractivity contribution >= 4 is 28.8 Å². The molecule has 0 saturated carbocycles. The van der Waals surface area contributed by atoms with E-state index < -0.39 is 6.10 Å². The molecule has 7 nitrogen and oxygen atoms in total. The molecule has 1 aromatic carbocycles. The Labute approximate surface area is 191 Å². The summed E-state index contributed by atoms with van der Waals surface area (Å²) in [5.74, 6) is -0.0276. The number of carbonyl (C=O) groups excluding carboxylic acids is 1. The fourth-order valence-corrected chi connectivity index (χ4v) is 4.98. The predicted molar refractivity (Wildman–Crippen MR) is 119 cm³/mol. The van der Waals surface area contributed by atoms with Gasteiger partial charge in [-0.3, -0.25) is 9.69 Å². The van der Waals surface area contributed by atoms with Crippen LogP contribution in [0.25, 0.3) is 0 Å². The molecule has 2 aromatic rings. The first kappa shape index (κ1) is 22.6. The molecular weight excluding hydrogens is 438 g/mol. The van der Waals surface area contributed by atoms with Crippen molar-refractivity contribution in [3.8, 4) is 0 Å². The fraction of sp³-hybridized carbons (Fsp3) is 0.545. The van der Waals surface area contributed by atoms with Crippen LogP contribution in [-0.2, 0) is 27.4 Å². The highest BCUT2D eigenvalue weighted by molar-refractivity contribution is 7.09. The van der Waals surface area contributed by atoms with E-state index in [1.54, 1.807) is 17.5 Å². The van der Waals surface area contributed by atoms with Crippen LogP contribution in [0.1, 0.15) is 29.8 Å². The predicted octanol–water partition coefficient (Wildman–Crippen LogP) is 2.61. The van der Waals surface area contributed by atoms with Crippen molar-refractivity contribution in [2.45, 2.75) is 56.7 Å². The number of hydrogen-bond donors (Lipinski definition) is 2. The van der Waals surface area contributed by atoms with Crippen LogP contribution in [0.2, 0.25) is 5.02 Å². The van der Waals surface area contributed by atoms with E-state index in [1.807, 2.05) is 29.6 Å². The van der Waals surface area contributed by atoms with Gasteiger partial charge in [0.2, 0.25) is 5.91 Å². The highest BCUT2D eigenvalue weighted by atomic mass is 35.5. The molecule has 0 bridgehead atoms. The number of halogens is 1. The lowest BCUT2D eigenvalue weighted by Gasteiger charge is -2.44. The summed E-state index contributed by atoms with van der Waals surface area (Å²) in [6, 6.07) is 7.57. The summed E-state index contributed by atoms with van der Waals surface area (Å²) in [6.07, 6.45) is 3.01. The number of aliphatic hydroxyl groups excluding tert-OH is 1. The van der Waals surface area contributed by atoms with E-state index in [1.165, 1.54) is 0 Å². The van der Waals surface area contributed by atoms with Crippen molar-refractivity contribution in [3.05, 3.63) is 51.4 Å². The second kappa shape index (κ2) is 10.8. The van der Waals surface area contributed by atoms with E-state index in [-0.39, 0.29) is 30.8 Å². The molecule has 1 aromatic heterocycles. The van der Waals surface area contributed by atoms with Gasteiger partial charge in [0, 0.05) is 35.7 Å². The molecule has 0 radical (unpaired) electrons. The SMILES string of the molecule is O=C(C[C@H]1CC[C@H]2[C@@H](COC[C@@H](O)CN2Cc2nccs2)O1)NCc1ccc(Cl)cc1. The first-order valence-corrected chi connectivity index (χ1v) is 11.9. The Hall–Kier alpha value is -1.55. The van der Waals surface area contributed by atoms with Gasteiger partial charge in [-0.15, -0.1) is 11.3 Å². The van der Waals surface area contributed by atoms with Gasteiger partial charge in [-0.25, -0.2) is 4.98 Å². The maximum atomic E-state index is 12.5. The van der Waals surface area contributed by atoms with E-state index in [0.717, 1.165) is 23.4 Å². The van der Waals surface area contributed by atoms with Crippen LogP contribution in [0, 0.1) is 0 Å². The number of amides is 1. The van der Waals surface area contributed by atoms with Crippen molar-refractivity contribution in [2.75, 3.05) is 19.8 Å². The Balaban J connectivity index is 1.31. The number of thiazole rings is 1. The number of nitrogens with zero attached hydrogens (tertiary/aromatic N) is 2. The van der Waals surface area contributed by atoms with Crippen molar-refractivity contribution in [1.82, 2.24) is 15.2 Å². The molecule has 0 unspecified atom stereocenters. The quantitative estimate of drug-likeness (QED) is 0.682. The number of carbonyl (C=O) groups is 1. The average Bonchev–Trinajstić information content (AvgIpc) is 3.25. The first-order valence-electron chi connectivity index (χ1n) is 10.6. The molecule has 0 spiro atoms. The molecule has 4 rings (SSSR count). The van der Waals surface area contributed by atoms with Crippen molar-refractivity contribution < 1.29 is 19.4 Å². The van der Waals surface area contributed by atoms with Crippen LogP contribution < -0.4 is 5.32 Å². The van der Waals surface area contributed by atoms with E-state index >= 15 is 0 Å². The van der Waals surface area contributed by atoms with Gasteiger partial charge in [0.05, 0.1) is 44.5 Å². The molecule has 2 saturated heterocycles. The summed E-state index contributed by atoms with van der Waals surface area (Å²) in [5.41, 5.74) is 1.01. The Morgan fingerprint density at radius 1 is 1.29 bits per heavy atom. The standard InChI is InChI=1S/C22H28ClN3O4S/c23-16-3-1-15(2-4-16)10-25-21(28)9-18-5-6-19-20(30-18)14-29-13-17(27)11-26(19)12-22-24-7-8-31-22/h1-4,7-8,17-20,27H,5-6,9-14H2,(H,25,28)/t17-,18+,19-,20+/m0/s1. The number of benzene rings is 1. The second-order valence-corrected chi connectivity index (χ2v) is 9.51. The molecule has 2 N–H and O–H groups in total. The molecule has 168 valence electrons. The minimum Gasteiger partial charge on any atom is -0.389 e. The number of rotatable bonds is 6. The van der Waals surface area contributed by atoms with Crippen molar-refractivity contribution in [3.63, 3.8) is 0 Å². The van der Waals surface area contributed by atoms with E-state index in [2.05, 4.69) is 15.2 Å². The summed E-state index contributed by atoms with van der Waals surface area (Å²) >= 11 is 7.52. The van der Waals surface area contributed by atoms with Crippen LogP contribution >= 0.6 is 22.9 Å². The molecule has 2 aliphatic heterocycles. The number of aromatic nitrogens is 1. The van der Waals surface area contributed by atoms with Crippen molar-refractivity contribution in [2.24, 2.45) is 0 Å². The molecule has 3 heterocycles. The zero-order chi connectivity index (χ0) is 21.6. The van der Waals surface area contributed by atoms with Crippen LogP contribution in [-0.4, -0.2) is 65.0 Å². The molecule has 4 atom stereocenters. The lowest BCUT2D eigenvalue weighted by Crippen LogP contribution is -2.55. The Morgan fingerprint density at radius 3 is 2.90 bits per heavy atom. The number of ether oxygens (including phenoxy) is 2. The third-order valence-electron chi connectivity index (χ3n) is 5.73. The molecule has 2 fully saturated rings. The number of nitrogens with one attached hydrogen (secondary N) is 1. The third kappa shape index (κ3) is 6.47. The Bertz CT molecular complexity index is 836. The highest BCUT2D eigenvalue weighted by Crippen LogP contribution is 2.29. The summed E-state index contributed by atoms with van der Waals surface area (Å²) in [4.78, 5) is 19.1. The van der Waals surface area contributed by atoms with E-state index in [4.69, 9.17) is 21.1 Å². The van der Waals surface area contributed by atoms with Crippen LogP contribution in [0.5, 0.6) is 0 Å². The average molecular weight is 466 g/mol. The van der Waals surface area contributed by atoms with E-state index in [0.29, 0.717) is 37.7 Å². The minimum atomic E-state index is -0.530. The van der Waals surface area contributed by atoms with Crippen LogP contribution in [0.4, 0.5) is 0 Å². The monoisotopic (exact) mass is 465 g/mol. The van der Waals surface area contributed by atoms with Gasteiger partial charge >= 0.3 is 0 Å². The summed E-state index contributed by atoms with van der Waals surface area (Å²) in [6.45, 7) is 2.38. The number of aliphatic hydroxyl groups is 1. The second-order valence-electron chi connectivity index (χ2n) is 8.10. The van der Waals surface area contributed by atoms with Crippen molar-refractivity contribution in [1.29, 1.82) is 0 Å². The molecule has 1 amide bonds. The van der Waals surface area contributed by atoms with Gasteiger partial charge < -0.3 is 19.9 Å². The Kier molecular flexibility index (Phi) is 7.92. The van der Waals surface area contributed by atoms with E-state index in [9.17, 15) is 9.90 Å². The van der Waals surface area contributed by atoms with Gasteiger partial charge in [0.15, 0.2) is 0 Å².